The van der Waals surface area contributed by atoms with Crippen LogP contribution in [0.25, 0.3) is 11.1 Å². The van der Waals surface area contributed by atoms with E-state index < -0.39 is 0 Å². The van der Waals surface area contributed by atoms with E-state index in [1.807, 2.05) is 19.9 Å². The van der Waals surface area contributed by atoms with Gasteiger partial charge in [0.1, 0.15) is 11.6 Å². The van der Waals surface area contributed by atoms with Gasteiger partial charge in [0.2, 0.25) is 0 Å². The number of nitrogen functional groups attached to an aromatic ring is 1. The minimum absolute atomic E-state index is 0.339. The molecule has 0 bridgehead atoms. The highest BCUT2D eigenvalue weighted by molar-refractivity contribution is 5.76. The SMILES string of the molecule is CCc1cc(-c2cn[nH]c2N)c(C)cc1O. The van der Waals surface area contributed by atoms with Crippen LogP contribution in [-0.2, 0) is 6.42 Å². The Morgan fingerprint density at radius 2 is 2.12 bits per heavy atom. The second-order valence-electron chi connectivity index (χ2n) is 3.85. The molecule has 2 aromatic rings. The number of phenolic OH excluding ortho intramolecular Hbond substituents is 1. The van der Waals surface area contributed by atoms with Crippen molar-refractivity contribution in [1.82, 2.24) is 10.2 Å². The second kappa shape index (κ2) is 3.89. The molecule has 1 heterocycles. The van der Waals surface area contributed by atoms with Crippen LogP contribution in [0.15, 0.2) is 18.3 Å². The number of aromatic amines is 1. The minimum atomic E-state index is 0.339. The van der Waals surface area contributed by atoms with E-state index in [0.717, 1.165) is 28.7 Å². The zero-order valence-electron chi connectivity index (χ0n) is 9.41. The smallest absolute Gasteiger partial charge is 0.126 e. The summed E-state index contributed by atoms with van der Waals surface area (Å²) in [5.41, 5.74) is 9.59. The van der Waals surface area contributed by atoms with E-state index in [9.17, 15) is 5.11 Å². The molecule has 0 saturated carbocycles. The standard InChI is InChI=1S/C12H15N3O/c1-3-8-5-9(7(2)4-11(8)16)10-6-14-15-12(10)13/h4-6,16H,3H2,1-2H3,(H3,13,14,15). The average Bonchev–Trinajstić information content (AvgIpc) is 2.65. The molecular formula is C12H15N3O. The van der Waals surface area contributed by atoms with Crippen molar-refractivity contribution in [2.75, 3.05) is 5.73 Å². The molecule has 0 aliphatic heterocycles. The van der Waals surface area contributed by atoms with Crippen molar-refractivity contribution in [3.63, 3.8) is 0 Å². The third-order valence-corrected chi connectivity index (χ3v) is 2.77. The van der Waals surface area contributed by atoms with Gasteiger partial charge in [-0.15, -0.1) is 0 Å². The number of aryl methyl sites for hydroxylation is 2. The van der Waals surface area contributed by atoms with Gasteiger partial charge in [-0.05, 0) is 42.2 Å². The summed E-state index contributed by atoms with van der Waals surface area (Å²) in [6.45, 7) is 3.95. The third kappa shape index (κ3) is 1.62. The summed E-state index contributed by atoms with van der Waals surface area (Å²) in [7, 11) is 0. The number of hydrogen-bond donors (Lipinski definition) is 3. The number of benzene rings is 1. The molecule has 84 valence electrons. The summed E-state index contributed by atoms with van der Waals surface area (Å²) in [6.07, 6.45) is 2.49. The number of nitrogens with two attached hydrogens (primary N) is 1. The summed E-state index contributed by atoms with van der Waals surface area (Å²) in [5, 5.41) is 16.3. The number of rotatable bonds is 2. The van der Waals surface area contributed by atoms with Gasteiger partial charge in [-0.1, -0.05) is 6.92 Å². The topological polar surface area (TPSA) is 74.9 Å². The predicted octanol–water partition coefficient (Wildman–Crippen LogP) is 2.24. The van der Waals surface area contributed by atoms with E-state index in [2.05, 4.69) is 10.2 Å². The molecule has 0 aliphatic carbocycles. The number of anilines is 1. The minimum Gasteiger partial charge on any atom is -0.508 e. The average molecular weight is 217 g/mol. The number of phenols is 1. The number of nitrogens with zero attached hydrogens (tertiary/aromatic N) is 1. The molecule has 0 unspecified atom stereocenters. The first-order chi connectivity index (χ1) is 7.63. The molecule has 4 nitrogen and oxygen atoms in total. The van der Waals surface area contributed by atoms with Gasteiger partial charge in [0, 0.05) is 5.56 Å². The maximum absolute atomic E-state index is 9.73. The highest BCUT2D eigenvalue weighted by Crippen LogP contribution is 2.32. The van der Waals surface area contributed by atoms with E-state index in [0.29, 0.717) is 11.6 Å². The molecule has 0 spiro atoms. The summed E-state index contributed by atoms with van der Waals surface area (Å²) in [6, 6.07) is 3.73. The number of nitrogens with one attached hydrogen (secondary N) is 1. The van der Waals surface area contributed by atoms with Crippen molar-refractivity contribution in [3.05, 3.63) is 29.5 Å². The van der Waals surface area contributed by atoms with E-state index in [-0.39, 0.29) is 0 Å². The van der Waals surface area contributed by atoms with Crippen molar-refractivity contribution in [2.45, 2.75) is 20.3 Å². The largest absolute Gasteiger partial charge is 0.508 e. The van der Waals surface area contributed by atoms with Crippen LogP contribution in [-0.4, -0.2) is 15.3 Å². The summed E-state index contributed by atoms with van der Waals surface area (Å²) < 4.78 is 0. The molecule has 16 heavy (non-hydrogen) atoms. The maximum Gasteiger partial charge on any atom is 0.126 e. The highest BCUT2D eigenvalue weighted by atomic mass is 16.3. The summed E-state index contributed by atoms with van der Waals surface area (Å²) >= 11 is 0. The summed E-state index contributed by atoms with van der Waals surface area (Å²) in [5.74, 6) is 0.890. The predicted molar refractivity (Wildman–Crippen MR) is 64.2 cm³/mol. The van der Waals surface area contributed by atoms with Gasteiger partial charge < -0.3 is 10.8 Å². The van der Waals surface area contributed by atoms with Crippen LogP contribution in [0.4, 0.5) is 5.82 Å². The first kappa shape index (κ1) is 10.5. The zero-order valence-corrected chi connectivity index (χ0v) is 9.41. The fourth-order valence-corrected chi connectivity index (χ4v) is 1.82. The number of hydrogen-bond acceptors (Lipinski definition) is 3. The van der Waals surface area contributed by atoms with Crippen molar-refractivity contribution in [2.24, 2.45) is 0 Å². The van der Waals surface area contributed by atoms with Crippen molar-refractivity contribution in [3.8, 4) is 16.9 Å². The Hall–Kier alpha value is -1.97. The van der Waals surface area contributed by atoms with Crippen LogP contribution >= 0.6 is 0 Å². The Labute approximate surface area is 94.1 Å². The van der Waals surface area contributed by atoms with Crippen LogP contribution in [0.3, 0.4) is 0 Å². The van der Waals surface area contributed by atoms with Crippen molar-refractivity contribution < 1.29 is 5.11 Å². The lowest BCUT2D eigenvalue weighted by atomic mass is 9.98. The van der Waals surface area contributed by atoms with Gasteiger partial charge in [0.15, 0.2) is 0 Å². The number of aromatic hydroxyl groups is 1. The lowest BCUT2D eigenvalue weighted by Gasteiger charge is -2.09. The van der Waals surface area contributed by atoms with E-state index in [4.69, 9.17) is 5.73 Å². The Balaban J connectivity index is 2.61. The summed E-state index contributed by atoms with van der Waals surface area (Å²) in [4.78, 5) is 0. The molecule has 4 N–H and O–H groups in total. The molecule has 0 fully saturated rings. The molecule has 0 radical (unpaired) electrons. The van der Waals surface area contributed by atoms with Gasteiger partial charge in [0.25, 0.3) is 0 Å². The quantitative estimate of drug-likeness (QED) is 0.722. The van der Waals surface area contributed by atoms with Crippen molar-refractivity contribution >= 4 is 5.82 Å². The molecule has 0 amide bonds. The lowest BCUT2D eigenvalue weighted by molar-refractivity contribution is 0.468. The molecule has 0 atom stereocenters. The Morgan fingerprint density at radius 1 is 1.38 bits per heavy atom. The first-order valence-corrected chi connectivity index (χ1v) is 5.25. The van der Waals surface area contributed by atoms with Gasteiger partial charge in [-0.25, -0.2) is 0 Å². The third-order valence-electron chi connectivity index (χ3n) is 2.77. The van der Waals surface area contributed by atoms with Crippen LogP contribution in [0, 0.1) is 6.92 Å². The molecule has 4 heteroatoms. The molecular weight excluding hydrogens is 202 g/mol. The Bertz CT molecular complexity index is 517. The maximum atomic E-state index is 9.73. The number of aromatic nitrogens is 2. The van der Waals surface area contributed by atoms with E-state index in [1.165, 1.54) is 0 Å². The zero-order chi connectivity index (χ0) is 11.7. The number of H-pyrrole nitrogens is 1. The molecule has 1 aromatic heterocycles. The van der Waals surface area contributed by atoms with Gasteiger partial charge in [-0.2, -0.15) is 5.10 Å². The van der Waals surface area contributed by atoms with E-state index >= 15 is 0 Å². The van der Waals surface area contributed by atoms with Gasteiger partial charge >= 0.3 is 0 Å². The van der Waals surface area contributed by atoms with Crippen molar-refractivity contribution in [1.29, 1.82) is 0 Å². The van der Waals surface area contributed by atoms with Crippen LogP contribution in [0.2, 0.25) is 0 Å². The van der Waals surface area contributed by atoms with Crippen LogP contribution in [0.1, 0.15) is 18.1 Å². The first-order valence-electron chi connectivity index (χ1n) is 5.25. The molecule has 0 aliphatic rings. The lowest BCUT2D eigenvalue weighted by Crippen LogP contribution is -1.92. The molecule has 2 rings (SSSR count). The van der Waals surface area contributed by atoms with E-state index in [1.54, 1.807) is 12.3 Å². The van der Waals surface area contributed by atoms with Gasteiger partial charge in [0.05, 0.1) is 6.20 Å². The van der Waals surface area contributed by atoms with Crippen LogP contribution < -0.4 is 5.73 Å². The van der Waals surface area contributed by atoms with Gasteiger partial charge in [-0.3, -0.25) is 5.10 Å². The molecule has 0 saturated heterocycles. The normalized spacial score (nSPS) is 10.6. The Morgan fingerprint density at radius 3 is 2.69 bits per heavy atom. The fraction of sp³-hybridized carbons (Fsp3) is 0.250. The second-order valence-corrected chi connectivity index (χ2v) is 3.85. The monoisotopic (exact) mass is 217 g/mol. The van der Waals surface area contributed by atoms with Crippen LogP contribution in [0.5, 0.6) is 5.75 Å². The Kier molecular flexibility index (Phi) is 2.56. The molecule has 1 aromatic carbocycles. The highest BCUT2D eigenvalue weighted by Gasteiger charge is 2.10. The fourth-order valence-electron chi connectivity index (χ4n) is 1.82.